The Morgan fingerprint density at radius 3 is 2.80 bits per heavy atom. The Morgan fingerprint density at radius 1 is 1.24 bits per heavy atom. The number of ether oxygens (including phenoxy) is 1. The lowest BCUT2D eigenvalue weighted by Crippen LogP contribution is -2.37. The molecule has 0 radical (unpaired) electrons. The van der Waals surface area contributed by atoms with Gasteiger partial charge in [0.1, 0.15) is 5.75 Å². The Morgan fingerprint density at radius 2 is 2.08 bits per heavy atom. The number of hydrogen-bond acceptors (Lipinski definition) is 3. The Kier molecular flexibility index (Phi) is 5.71. The van der Waals surface area contributed by atoms with Crippen molar-refractivity contribution >= 4 is 5.91 Å². The zero-order chi connectivity index (χ0) is 17.6. The van der Waals surface area contributed by atoms with Gasteiger partial charge in [-0.05, 0) is 31.4 Å². The highest BCUT2D eigenvalue weighted by molar-refractivity contribution is 5.79. The van der Waals surface area contributed by atoms with Crippen LogP contribution < -0.4 is 0 Å². The summed E-state index contributed by atoms with van der Waals surface area (Å²) in [5, 5.41) is 10.1. The smallest absolute Gasteiger partial charge is 0.227 e. The van der Waals surface area contributed by atoms with Gasteiger partial charge in [0.25, 0.3) is 0 Å². The molecule has 132 valence electrons. The zero-order valence-electron chi connectivity index (χ0n) is 14.6. The third-order valence-electron chi connectivity index (χ3n) is 4.59. The second-order valence-electron chi connectivity index (χ2n) is 6.70. The van der Waals surface area contributed by atoms with E-state index in [2.05, 4.69) is 0 Å². The number of phenols is 1. The number of benzene rings is 2. The van der Waals surface area contributed by atoms with Crippen molar-refractivity contribution in [2.24, 2.45) is 0 Å². The molecule has 0 spiro atoms. The summed E-state index contributed by atoms with van der Waals surface area (Å²) in [6, 6.07) is 15.2. The Bertz CT molecular complexity index is 723. The van der Waals surface area contributed by atoms with Crippen LogP contribution in [0.25, 0.3) is 0 Å². The highest BCUT2D eigenvalue weighted by Crippen LogP contribution is 2.21. The van der Waals surface area contributed by atoms with E-state index in [-0.39, 0.29) is 17.8 Å². The van der Waals surface area contributed by atoms with E-state index in [1.807, 2.05) is 48.2 Å². The van der Waals surface area contributed by atoms with Crippen LogP contribution >= 0.6 is 0 Å². The lowest BCUT2D eigenvalue weighted by atomic mass is 10.1. The fourth-order valence-electron chi connectivity index (χ4n) is 3.25. The van der Waals surface area contributed by atoms with Crippen LogP contribution in [0, 0.1) is 6.92 Å². The summed E-state index contributed by atoms with van der Waals surface area (Å²) < 4.78 is 5.71. The zero-order valence-corrected chi connectivity index (χ0v) is 14.6. The van der Waals surface area contributed by atoms with E-state index in [4.69, 9.17) is 4.74 Å². The van der Waals surface area contributed by atoms with Crippen molar-refractivity contribution in [3.8, 4) is 5.75 Å². The Labute approximate surface area is 149 Å². The number of amides is 1. The van der Waals surface area contributed by atoms with Crippen LogP contribution in [0.1, 0.15) is 29.5 Å². The van der Waals surface area contributed by atoms with Crippen molar-refractivity contribution in [3.63, 3.8) is 0 Å². The minimum absolute atomic E-state index is 0.0596. The van der Waals surface area contributed by atoms with E-state index in [1.54, 1.807) is 12.1 Å². The molecule has 1 unspecified atom stereocenters. The average molecular weight is 339 g/mol. The van der Waals surface area contributed by atoms with Gasteiger partial charge in [-0.15, -0.1) is 0 Å². The molecule has 0 saturated carbocycles. The number of rotatable bonds is 6. The molecule has 1 fully saturated rings. The molecule has 1 N–H and O–H groups in total. The van der Waals surface area contributed by atoms with Crippen molar-refractivity contribution in [2.75, 3.05) is 13.2 Å². The van der Waals surface area contributed by atoms with Crippen molar-refractivity contribution < 1.29 is 14.6 Å². The molecular formula is C21H25NO3. The van der Waals surface area contributed by atoms with Gasteiger partial charge in [-0.2, -0.15) is 0 Å². The number of aryl methyl sites for hydroxylation is 1. The number of para-hydroxylation sites is 1. The lowest BCUT2D eigenvalue weighted by Gasteiger charge is -2.26. The maximum Gasteiger partial charge on any atom is 0.227 e. The fraction of sp³-hybridized carbons (Fsp3) is 0.381. The molecule has 1 saturated heterocycles. The summed E-state index contributed by atoms with van der Waals surface area (Å²) in [5.74, 6) is 0.285. The molecule has 0 aromatic heterocycles. The summed E-state index contributed by atoms with van der Waals surface area (Å²) in [7, 11) is 0. The van der Waals surface area contributed by atoms with E-state index in [9.17, 15) is 9.90 Å². The average Bonchev–Trinajstić information content (AvgIpc) is 3.09. The van der Waals surface area contributed by atoms with Gasteiger partial charge in [0, 0.05) is 25.3 Å². The molecule has 0 aliphatic carbocycles. The SMILES string of the molecule is Cc1cccc(CC(=O)N(Cc2ccccc2O)CC2CCCO2)c1. The molecule has 1 aliphatic rings. The summed E-state index contributed by atoms with van der Waals surface area (Å²) in [6.07, 6.45) is 2.48. The van der Waals surface area contributed by atoms with Gasteiger partial charge in [-0.1, -0.05) is 48.0 Å². The van der Waals surface area contributed by atoms with Crippen LogP contribution in [0.2, 0.25) is 0 Å². The largest absolute Gasteiger partial charge is 0.508 e. The van der Waals surface area contributed by atoms with E-state index in [1.165, 1.54) is 0 Å². The minimum Gasteiger partial charge on any atom is -0.508 e. The standard InChI is InChI=1S/C21H25NO3/c1-16-6-4-7-17(12-16)13-21(24)22(15-19-9-5-11-25-19)14-18-8-2-3-10-20(18)23/h2-4,6-8,10,12,19,23H,5,9,11,13-15H2,1H3. The Hall–Kier alpha value is -2.33. The number of aromatic hydroxyl groups is 1. The number of nitrogens with zero attached hydrogens (tertiary/aromatic N) is 1. The van der Waals surface area contributed by atoms with E-state index < -0.39 is 0 Å². The van der Waals surface area contributed by atoms with Gasteiger partial charge in [0.15, 0.2) is 0 Å². The van der Waals surface area contributed by atoms with Crippen LogP contribution in [0.4, 0.5) is 0 Å². The second kappa shape index (κ2) is 8.17. The maximum absolute atomic E-state index is 12.9. The first-order valence-corrected chi connectivity index (χ1v) is 8.83. The minimum atomic E-state index is 0.0596. The first-order chi connectivity index (χ1) is 12.1. The molecule has 0 bridgehead atoms. The van der Waals surface area contributed by atoms with E-state index >= 15 is 0 Å². The highest BCUT2D eigenvalue weighted by atomic mass is 16.5. The third-order valence-corrected chi connectivity index (χ3v) is 4.59. The third kappa shape index (κ3) is 4.83. The topological polar surface area (TPSA) is 49.8 Å². The van der Waals surface area contributed by atoms with E-state index in [0.29, 0.717) is 19.5 Å². The fourth-order valence-corrected chi connectivity index (χ4v) is 3.25. The van der Waals surface area contributed by atoms with Gasteiger partial charge < -0.3 is 14.7 Å². The maximum atomic E-state index is 12.9. The second-order valence-corrected chi connectivity index (χ2v) is 6.70. The summed E-state index contributed by atoms with van der Waals surface area (Å²) in [5.41, 5.74) is 2.93. The van der Waals surface area contributed by atoms with Gasteiger partial charge in [0.2, 0.25) is 5.91 Å². The quantitative estimate of drug-likeness (QED) is 0.877. The molecule has 1 heterocycles. The molecule has 3 rings (SSSR count). The van der Waals surface area contributed by atoms with Gasteiger partial charge in [-0.3, -0.25) is 4.79 Å². The first-order valence-electron chi connectivity index (χ1n) is 8.83. The number of hydrogen-bond donors (Lipinski definition) is 1. The highest BCUT2D eigenvalue weighted by Gasteiger charge is 2.23. The monoisotopic (exact) mass is 339 g/mol. The lowest BCUT2D eigenvalue weighted by molar-refractivity contribution is -0.132. The van der Waals surface area contributed by atoms with E-state index in [0.717, 1.165) is 36.1 Å². The Balaban J connectivity index is 1.74. The van der Waals surface area contributed by atoms with Crippen molar-refractivity contribution in [1.82, 2.24) is 4.90 Å². The predicted molar refractivity (Wildman–Crippen MR) is 97.4 cm³/mol. The molecule has 2 aromatic rings. The molecule has 4 heteroatoms. The molecule has 25 heavy (non-hydrogen) atoms. The van der Waals surface area contributed by atoms with Crippen LogP contribution in [0.3, 0.4) is 0 Å². The van der Waals surface area contributed by atoms with Gasteiger partial charge >= 0.3 is 0 Å². The normalized spacial score (nSPS) is 16.8. The first kappa shape index (κ1) is 17.5. The van der Waals surface area contributed by atoms with Crippen molar-refractivity contribution in [3.05, 3.63) is 65.2 Å². The molecular weight excluding hydrogens is 314 g/mol. The van der Waals surface area contributed by atoms with Crippen LogP contribution in [0.15, 0.2) is 48.5 Å². The van der Waals surface area contributed by atoms with Crippen LogP contribution in [0.5, 0.6) is 5.75 Å². The van der Waals surface area contributed by atoms with Gasteiger partial charge in [0.05, 0.1) is 12.5 Å². The number of carbonyl (C=O) groups is 1. The molecule has 1 amide bonds. The molecule has 2 aromatic carbocycles. The summed E-state index contributed by atoms with van der Waals surface area (Å²) in [4.78, 5) is 14.7. The summed E-state index contributed by atoms with van der Waals surface area (Å²) in [6.45, 7) is 3.76. The van der Waals surface area contributed by atoms with Crippen molar-refractivity contribution in [2.45, 2.75) is 38.8 Å². The van der Waals surface area contributed by atoms with Crippen LogP contribution in [-0.4, -0.2) is 35.2 Å². The number of phenolic OH excluding ortho intramolecular Hbond substituents is 1. The van der Waals surface area contributed by atoms with Crippen molar-refractivity contribution in [1.29, 1.82) is 0 Å². The van der Waals surface area contributed by atoms with Crippen LogP contribution in [-0.2, 0) is 22.5 Å². The molecule has 4 nitrogen and oxygen atoms in total. The molecule has 1 atom stereocenters. The summed E-state index contributed by atoms with van der Waals surface area (Å²) >= 11 is 0. The van der Waals surface area contributed by atoms with Gasteiger partial charge in [-0.25, -0.2) is 0 Å². The number of carbonyl (C=O) groups excluding carboxylic acids is 1. The predicted octanol–water partition coefficient (Wildman–Crippen LogP) is 3.45. The molecule has 1 aliphatic heterocycles.